The maximum Gasteiger partial charge on any atom is 0.411 e. The number of fused-ring (bicyclic) bond motifs is 3. The molecule has 11 nitrogen and oxygen atoms in total. The van der Waals surface area contributed by atoms with Crippen molar-refractivity contribution in [3.05, 3.63) is 70.8 Å². The molecule has 0 N–H and O–H groups in total. The second kappa shape index (κ2) is 15.7. The number of hydrogen-bond donors (Lipinski definition) is 0. The molecule has 4 aliphatic heterocycles. The number of methoxy groups -OCH3 is 1. The maximum absolute atomic E-state index is 14.6. The van der Waals surface area contributed by atoms with Gasteiger partial charge in [0.1, 0.15) is 23.8 Å². The molecule has 2 bridgehead atoms. The first-order chi connectivity index (χ1) is 25.2. The van der Waals surface area contributed by atoms with Crippen LogP contribution in [0, 0.1) is 17.0 Å². The normalized spacial score (nSPS) is 24.8. The fourth-order valence-electron chi connectivity index (χ4n) is 8.18. The molecule has 53 heavy (non-hydrogen) atoms. The molecule has 0 spiro atoms. The number of halogens is 2. The van der Waals surface area contributed by atoms with Crippen LogP contribution in [0.2, 0.25) is 0 Å². The molecule has 4 saturated heterocycles. The number of amides is 3. The number of esters is 1. The monoisotopic (exact) mass is 738 g/mol. The van der Waals surface area contributed by atoms with Gasteiger partial charge in [0.15, 0.2) is 0 Å². The van der Waals surface area contributed by atoms with E-state index in [2.05, 4.69) is 4.90 Å². The summed E-state index contributed by atoms with van der Waals surface area (Å²) in [5.41, 5.74) is 0.0616. The van der Waals surface area contributed by atoms with Crippen molar-refractivity contribution in [1.29, 1.82) is 0 Å². The Morgan fingerprint density at radius 3 is 2.32 bits per heavy atom. The number of piperidine rings is 1. The lowest BCUT2D eigenvalue weighted by Gasteiger charge is -2.53. The van der Waals surface area contributed by atoms with Gasteiger partial charge in [-0.25, -0.2) is 13.6 Å². The predicted molar refractivity (Wildman–Crippen MR) is 192 cm³/mol. The highest BCUT2D eigenvalue weighted by atomic mass is 19.1. The molecule has 4 heterocycles. The molecule has 2 aromatic rings. The fourth-order valence-corrected chi connectivity index (χ4v) is 8.18. The highest BCUT2D eigenvalue weighted by molar-refractivity contribution is 5.94. The van der Waals surface area contributed by atoms with E-state index in [1.165, 1.54) is 13.2 Å². The molecule has 1 saturated carbocycles. The number of benzene rings is 2. The van der Waals surface area contributed by atoms with Crippen LogP contribution < -0.4 is 0 Å². The van der Waals surface area contributed by atoms with Crippen LogP contribution in [0.25, 0.3) is 0 Å². The van der Waals surface area contributed by atoms with Crippen LogP contribution in [0.5, 0.6) is 0 Å². The van der Waals surface area contributed by atoms with Crippen molar-refractivity contribution in [2.45, 2.75) is 83.0 Å². The standard InChI is InChI=1S/C40H52F2N4O7/c1-38(2,3)53-37(50)46(24-31-10-11-32(41)22-33(31)42)25-34(47)45-16-6-9-30(23-45)28-7-5-8-29(21-28)35(48)44-19-17-43(18-20-44)26-40-14-12-39(13-15-40,27-52-40)36(49)51-4/h5,7-8,10-11,21-22,30H,6,9,12-20,23-27H2,1-4H3. The molecule has 3 amide bonds. The fraction of sp³-hybridized carbons (Fsp3) is 0.600. The van der Waals surface area contributed by atoms with E-state index >= 15 is 0 Å². The third-order valence-electron chi connectivity index (χ3n) is 11.3. The first kappa shape index (κ1) is 38.6. The zero-order chi connectivity index (χ0) is 38.0. The number of carbonyl (C=O) groups is 4. The molecule has 1 atom stereocenters. The van der Waals surface area contributed by atoms with Crippen molar-refractivity contribution >= 4 is 23.9 Å². The van der Waals surface area contributed by atoms with Crippen molar-refractivity contribution in [2.75, 3.05) is 66.1 Å². The van der Waals surface area contributed by atoms with Crippen LogP contribution in [-0.4, -0.2) is 121 Å². The second-order valence-electron chi connectivity index (χ2n) is 16.2. The van der Waals surface area contributed by atoms with Crippen molar-refractivity contribution in [3.8, 4) is 0 Å². The van der Waals surface area contributed by atoms with E-state index in [9.17, 15) is 28.0 Å². The molecular formula is C40H52F2N4O7. The Labute approximate surface area is 310 Å². The Balaban J connectivity index is 1.04. The number of ether oxygens (including phenoxy) is 3. The van der Waals surface area contributed by atoms with Crippen LogP contribution in [0.15, 0.2) is 42.5 Å². The smallest absolute Gasteiger partial charge is 0.411 e. The zero-order valence-corrected chi connectivity index (χ0v) is 31.3. The van der Waals surface area contributed by atoms with Crippen molar-refractivity contribution in [3.63, 3.8) is 0 Å². The molecule has 0 aromatic heterocycles. The minimum absolute atomic E-state index is 0.00928. The van der Waals surface area contributed by atoms with E-state index in [0.717, 1.165) is 80.8 Å². The molecule has 1 aliphatic carbocycles. The summed E-state index contributed by atoms with van der Waals surface area (Å²) in [5, 5.41) is 0. The number of rotatable bonds is 9. The second-order valence-corrected chi connectivity index (χ2v) is 16.2. The molecule has 1 unspecified atom stereocenters. The lowest BCUT2D eigenvalue weighted by molar-refractivity contribution is -0.208. The van der Waals surface area contributed by atoms with E-state index < -0.39 is 28.7 Å². The summed E-state index contributed by atoms with van der Waals surface area (Å²) < 4.78 is 45.0. The van der Waals surface area contributed by atoms with Gasteiger partial charge in [0, 0.05) is 68.9 Å². The van der Waals surface area contributed by atoms with Gasteiger partial charge in [-0.05, 0) is 83.1 Å². The largest absolute Gasteiger partial charge is 0.469 e. The number of nitrogens with zero attached hydrogens (tertiary/aromatic N) is 4. The first-order valence-electron chi connectivity index (χ1n) is 18.7. The number of likely N-dealkylation sites (tertiary alicyclic amines) is 1. The SMILES string of the molecule is COC(=O)C12CCC(CN3CCN(C(=O)c4cccc(C5CCCN(C(=O)CN(Cc6ccc(F)cc6F)C(=O)OC(C)(C)C)C5)c4)CC3)(CC1)OC2. The van der Waals surface area contributed by atoms with E-state index in [1.54, 1.807) is 25.7 Å². The Morgan fingerprint density at radius 2 is 1.68 bits per heavy atom. The average molecular weight is 739 g/mol. The molecule has 0 radical (unpaired) electrons. The van der Waals surface area contributed by atoms with E-state index in [1.807, 2.05) is 29.2 Å². The van der Waals surface area contributed by atoms with E-state index in [4.69, 9.17) is 14.2 Å². The van der Waals surface area contributed by atoms with Gasteiger partial charge in [-0.3, -0.25) is 24.2 Å². The quantitative estimate of drug-likeness (QED) is 0.317. The lowest BCUT2D eigenvalue weighted by atomic mass is 9.66. The average Bonchev–Trinajstić information content (AvgIpc) is 3.15. The van der Waals surface area contributed by atoms with Crippen molar-refractivity contribution in [1.82, 2.24) is 19.6 Å². The first-order valence-corrected chi connectivity index (χ1v) is 18.7. The van der Waals surface area contributed by atoms with Gasteiger partial charge in [-0.15, -0.1) is 0 Å². The molecule has 5 aliphatic rings. The maximum atomic E-state index is 14.6. The Bertz CT molecular complexity index is 1660. The zero-order valence-electron chi connectivity index (χ0n) is 31.3. The summed E-state index contributed by atoms with van der Waals surface area (Å²) in [6.07, 6.45) is 4.03. The third-order valence-corrected chi connectivity index (χ3v) is 11.3. The number of hydrogen-bond acceptors (Lipinski definition) is 8. The highest BCUT2D eigenvalue weighted by Gasteiger charge is 2.54. The van der Waals surface area contributed by atoms with Gasteiger partial charge >= 0.3 is 12.1 Å². The summed E-state index contributed by atoms with van der Waals surface area (Å²) in [7, 11) is 1.44. The number of carbonyl (C=O) groups excluding carboxylic acids is 4. The van der Waals surface area contributed by atoms with Crippen LogP contribution in [0.1, 0.15) is 86.7 Å². The minimum atomic E-state index is -0.840. The van der Waals surface area contributed by atoms with Gasteiger partial charge in [-0.2, -0.15) is 0 Å². The Morgan fingerprint density at radius 1 is 0.943 bits per heavy atom. The molecule has 288 valence electrons. The Hall–Kier alpha value is -4.10. The van der Waals surface area contributed by atoms with Crippen molar-refractivity contribution < 1.29 is 42.2 Å². The van der Waals surface area contributed by atoms with Gasteiger partial charge in [0.05, 0.1) is 31.3 Å². The van der Waals surface area contributed by atoms with E-state index in [-0.39, 0.29) is 48.0 Å². The van der Waals surface area contributed by atoms with E-state index in [0.29, 0.717) is 38.3 Å². The number of piperazine rings is 1. The lowest BCUT2D eigenvalue weighted by Crippen LogP contribution is -2.60. The molecular weight excluding hydrogens is 686 g/mol. The van der Waals surface area contributed by atoms with Crippen LogP contribution in [0.3, 0.4) is 0 Å². The molecule has 13 heteroatoms. The van der Waals surface area contributed by atoms with Crippen LogP contribution >= 0.6 is 0 Å². The molecule has 2 aromatic carbocycles. The highest BCUT2D eigenvalue weighted by Crippen LogP contribution is 2.49. The van der Waals surface area contributed by atoms with Crippen LogP contribution in [-0.2, 0) is 30.3 Å². The van der Waals surface area contributed by atoms with Crippen molar-refractivity contribution in [2.24, 2.45) is 5.41 Å². The predicted octanol–water partition coefficient (Wildman–Crippen LogP) is 5.37. The molecule has 7 rings (SSSR count). The summed E-state index contributed by atoms with van der Waals surface area (Å²) in [5.74, 6) is -2.05. The third kappa shape index (κ3) is 9.00. The summed E-state index contributed by atoms with van der Waals surface area (Å²) >= 11 is 0. The molecule has 5 fully saturated rings. The van der Waals surface area contributed by atoms with Gasteiger partial charge in [0.2, 0.25) is 5.91 Å². The summed E-state index contributed by atoms with van der Waals surface area (Å²) in [4.78, 5) is 60.0. The summed E-state index contributed by atoms with van der Waals surface area (Å²) in [6, 6.07) is 10.8. The van der Waals surface area contributed by atoms with Gasteiger partial charge < -0.3 is 24.0 Å². The minimum Gasteiger partial charge on any atom is -0.469 e. The summed E-state index contributed by atoms with van der Waals surface area (Å²) in [6.45, 7) is 9.34. The van der Waals surface area contributed by atoms with Gasteiger partial charge in [-0.1, -0.05) is 18.2 Å². The topological polar surface area (TPSA) is 109 Å². The van der Waals surface area contributed by atoms with Crippen LogP contribution in [0.4, 0.5) is 13.6 Å². The Kier molecular flexibility index (Phi) is 11.4. The van der Waals surface area contributed by atoms with Gasteiger partial charge in [0.25, 0.3) is 5.91 Å².